The Morgan fingerprint density at radius 3 is 2.15 bits per heavy atom. The highest BCUT2D eigenvalue weighted by Crippen LogP contribution is 2.18. The molecule has 0 aromatic heterocycles. The van der Waals surface area contributed by atoms with Crippen LogP contribution in [0.25, 0.3) is 0 Å². The van der Waals surface area contributed by atoms with Gasteiger partial charge in [0.2, 0.25) is 0 Å². The van der Waals surface area contributed by atoms with Gasteiger partial charge >= 0.3 is 8.80 Å². The van der Waals surface area contributed by atoms with E-state index in [1.165, 1.54) is 19.3 Å². The molecule has 1 fully saturated rings. The number of hydrazine groups is 1. The van der Waals surface area contributed by atoms with Crippen molar-refractivity contribution in [2.75, 3.05) is 41.0 Å². The molecule has 8 heteroatoms. The van der Waals surface area contributed by atoms with Crippen LogP contribution in [0.2, 0.25) is 6.04 Å². The Morgan fingerprint density at radius 2 is 1.70 bits per heavy atom. The van der Waals surface area contributed by atoms with Crippen LogP contribution in [0, 0.1) is 0 Å². The number of hydrogen-bond acceptors (Lipinski definition) is 5. The third-order valence-corrected chi connectivity index (χ3v) is 6.95. The third-order valence-electron chi connectivity index (χ3n) is 3.68. The number of rotatable bonds is 8. The molecule has 0 aromatic rings. The molecular weight excluding hydrogens is 312 g/mol. The molecule has 1 aliphatic heterocycles. The van der Waals surface area contributed by atoms with E-state index in [0.717, 1.165) is 32.1 Å². The van der Waals surface area contributed by atoms with Gasteiger partial charge in [0.05, 0.1) is 0 Å². The van der Waals surface area contributed by atoms with E-state index in [4.69, 9.17) is 25.5 Å². The summed E-state index contributed by atoms with van der Waals surface area (Å²) in [4.78, 5) is 0. The van der Waals surface area contributed by atoms with Crippen molar-refractivity contribution in [3.63, 3.8) is 0 Å². The van der Waals surface area contributed by atoms with Crippen LogP contribution in [0.3, 0.4) is 0 Å². The summed E-state index contributed by atoms with van der Waals surface area (Å²) in [5.41, 5.74) is 0. The number of thiol groups is 1. The summed E-state index contributed by atoms with van der Waals surface area (Å²) in [6, 6.07) is 0.775. The molecule has 118 valence electrons. The van der Waals surface area contributed by atoms with Crippen LogP contribution in [-0.4, -0.2) is 64.1 Å². The van der Waals surface area contributed by atoms with Gasteiger partial charge in [0, 0.05) is 47.0 Å². The number of thiocarbonyl (C=S) groups is 1. The Balaban J connectivity index is 2.48. The fourth-order valence-corrected chi connectivity index (χ4v) is 4.61. The zero-order valence-electron chi connectivity index (χ0n) is 12.6. The zero-order chi connectivity index (χ0) is 15.0. The largest absolute Gasteiger partial charge is 0.500 e. The van der Waals surface area contributed by atoms with Gasteiger partial charge in [-0.25, -0.2) is 5.01 Å². The van der Waals surface area contributed by atoms with Crippen molar-refractivity contribution in [2.45, 2.75) is 31.7 Å². The van der Waals surface area contributed by atoms with Crippen LogP contribution >= 0.6 is 24.8 Å². The standard InChI is InChI=1S/C12H26N2O3S2Si/c1-15-20(16-2,17-3)11-7-10-14(12(18)19)13-8-5-4-6-9-13/h4-11H2,1-3H3,(H,18,19). The molecule has 0 radical (unpaired) electrons. The molecule has 0 amide bonds. The van der Waals surface area contributed by atoms with Gasteiger partial charge in [-0.2, -0.15) is 0 Å². The van der Waals surface area contributed by atoms with E-state index >= 15 is 0 Å². The number of piperidine rings is 1. The quantitative estimate of drug-likeness (QED) is 0.415. The van der Waals surface area contributed by atoms with Crippen molar-refractivity contribution in [1.29, 1.82) is 0 Å². The lowest BCUT2D eigenvalue weighted by Gasteiger charge is -2.38. The molecule has 1 aliphatic rings. The van der Waals surface area contributed by atoms with E-state index in [2.05, 4.69) is 22.6 Å². The fourth-order valence-electron chi connectivity index (χ4n) is 2.48. The minimum absolute atomic E-state index is 0.631. The predicted octanol–water partition coefficient (Wildman–Crippen LogP) is 2.17. The van der Waals surface area contributed by atoms with Gasteiger partial charge in [-0.1, -0.05) is 18.6 Å². The van der Waals surface area contributed by atoms with Crippen LogP contribution in [-0.2, 0) is 13.3 Å². The van der Waals surface area contributed by atoms with E-state index < -0.39 is 8.80 Å². The van der Waals surface area contributed by atoms with Crippen molar-refractivity contribution < 1.29 is 13.3 Å². The highest BCUT2D eigenvalue weighted by molar-refractivity contribution is 8.10. The number of hydrogen-bond donors (Lipinski definition) is 1. The monoisotopic (exact) mass is 338 g/mol. The van der Waals surface area contributed by atoms with Crippen LogP contribution in [0.5, 0.6) is 0 Å². The average molecular weight is 339 g/mol. The molecular formula is C12H26N2O3S2Si. The lowest BCUT2D eigenvalue weighted by Crippen LogP contribution is -2.48. The molecule has 0 unspecified atom stereocenters. The van der Waals surface area contributed by atoms with Crippen molar-refractivity contribution in [3.05, 3.63) is 0 Å². The molecule has 1 heterocycles. The molecule has 0 atom stereocenters. The topological polar surface area (TPSA) is 34.2 Å². The summed E-state index contributed by atoms with van der Waals surface area (Å²) in [5, 5.41) is 4.40. The van der Waals surface area contributed by atoms with Gasteiger partial charge in [0.25, 0.3) is 0 Å². The third kappa shape index (κ3) is 5.25. The maximum Gasteiger partial charge on any atom is 0.500 e. The van der Waals surface area contributed by atoms with Gasteiger partial charge in [0.15, 0.2) is 0 Å². The second-order valence-electron chi connectivity index (χ2n) is 4.82. The molecule has 5 nitrogen and oxygen atoms in total. The summed E-state index contributed by atoms with van der Waals surface area (Å²) in [5.74, 6) is 0. The van der Waals surface area contributed by atoms with Crippen molar-refractivity contribution in [1.82, 2.24) is 10.0 Å². The first-order chi connectivity index (χ1) is 9.58. The Kier molecular flexibility index (Phi) is 8.57. The summed E-state index contributed by atoms with van der Waals surface area (Å²) in [6.07, 6.45) is 4.65. The first-order valence-electron chi connectivity index (χ1n) is 6.99. The maximum atomic E-state index is 5.43. The Morgan fingerprint density at radius 1 is 1.15 bits per heavy atom. The normalized spacial score (nSPS) is 17.2. The molecule has 0 bridgehead atoms. The van der Waals surface area contributed by atoms with Gasteiger partial charge in [-0.15, -0.1) is 12.6 Å². The Hall–Kier alpha value is 0.297. The fraction of sp³-hybridized carbons (Fsp3) is 0.917. The van der Waals surface area contributed by atoms with Crippen molar-refractivity contribution in [2.24, 2.45) is 0 Å². The summed E-state index contributed by atoms with van der Waals surface area (Å²) < 4.78 is 16.9. The van der Waals surface area contributed by atoms with Gasteiger partial charge in [-0.05, 0) is 19.3 Å². The minimum atomic E-state index is -2.48. The van der Waals surface area contributed by atoms with E-state index in [-0.39, 0.29) is 0 Å². The van der Waals surface area contributed by atoms with Crippen LogP contribution in [0.1, 0.15) is 25.7 Å². The first-order valence-corrected chi connectivity index (χ1v) is 9.78. The van der Waals surface area contributed by atoms with E-state index in [1.54, 1.807) is 21.3 Å². The van der Waals surface area contributed by atoms with Gasteiger partial charge < -0.3 is 13.3 Å². The van der Waals surface area contributed by atoms with Crippen molar-refractivity contribution >= 4 is 38.0 Å². The molecule has 0 saturated carbocycles. The lowest BCUT2D eigenvalue weighted by molar-refractivity contribution is 0.0293. The highest BCUT2D eigenvalue weighted by atomic mass is 32.1. The van der Waals surface area contributed by atoms with E-state index in [9.17, 15) is 0 Å². The van der Waals surface area contributed by atoms with Crippen LogP contribution < -0.4 is 0 Å². The first kappa shape index (κ1) is 18.3. The van der Waals surface area contributed by atoms with E-state index in [1.807, 2.05) is 0 Å². The smallest absolute Gasteiger partial charge is 0.377 e. The van der Waals surface area contributed by atoms with Gasteiger partial charge in [-0.3, -0.25) is 5.01 Å². The average Bonchev–Trinajstić information content (AvgIpc) is 2.49. The SMILES string of the molecule is CO[Si](CCCN(C(=S)S)N1CCCCC1)(OC)OC. The molecule has 20 heavy (non-hydrogen) atoms. The van der Waals surface area contributed by atoms with Crippen LogP contribution in [0.15, 0.2) is 0 Å². The minimum Gasteiger partial charge on any atom is -0.377 e. The van der Waals surface area contributed by atoms with Crippen molar-refractivity contribution in [3.8, 4) is 0 Å². The van der Waals surface area contributed by atoms with Gasteiger partial charge in [0.1, 0.15) is 4.32 Å². The van der Waals surface area contributed by atoms with E-state index in [0.29, 0.717) is 4.32 Å². The molecule has 1 rings (SSSR count). The highest BCUT2D eigenvalue weighted by Gasteiger charge is 2.37. The molecule has 0 spiro atoms. The Labute approximate surface area is 134 Å². The molecule has 0 aliphatic carbocycles. The zero-order valence-corrected chi connectivity index (χ0v) is 15.3. The molecule has 0 aromatic carbocycles. The summed E-state index contributed by atoms with van der Waals surface area (Å²) >= 11 is 9.61. The second-order valence-corrected chi connectivity index (χ2v) is 9.02. The molecule has 1 saturated heterocycles. The Bertz CT molecular complexity index is 292. The molecule has 0 N–H and O–H groups in total. The second kappa shape index (κ2) is 9.34. The van der Waals surface area contributed by atoms with Crippen LogP contribution in [0.4, 0.5) is 0 Å². The summed E-state index contributed by atoms with van der Waals surface area (Å²) in [6.45, 7) is 2.94. The number of nitrogens with zero attached hydrogens (tertiary/aromatic N) is 2. The lowest BCUT2D eigenvalue weighted by atomic mass is 10.2. The summed E-state index contributed by atoms with van der Waals surface area (Å²) in [7, 11) is 2.45. The maximum absolute atomic E-state index is 5.43. The predicted molar refractivity (Wildman–Crippen MR) is 89.9 cm³/mol.